The molecule has 3 atom stereocenters. The summed E-state index contributed by atoms with van der Waals surface area (Å²) in [6.45, 7) is 0.766. The second-order valence-corrected chi connectivity index (χ2v) is 6.84. The molecule has 6 heteroatoms. The van der Waals surface area contributed by atoms with Crippen molar-refractivity contribution in [2.75, 3.05) is 11.9 Å². The average Bonchev–Trinajstić information content (AvgIpc) is 3.04. The molecule has 4 rings (SSSR count). The number of nitrogens with one attached hydrogen (secondary N) is 1. The molecule has 2 heterocycles. The summed E-state index contributed by atoms with van der Waals surface area (Å²) in [4.78, 5) is 10.7. The summed E-state index contributed by atoms with van der Waals surface area (Å²) in [5.74, 6) is 1.17. The Bertz CT molecular complexity index is 589. The number of benzene rings is 1. The summed E-state index contributed by atoms with van der Waals surface area (Å²) in [5.41, 5.74) is 2.17. The molecule has 0 radical (unpaired) electrons. The zero-order valence-electron chi connectivity index (χ0n) is 13.1. The monoisotopic (exact) mass is 338 g/mol. The topological polar surface area (TPSA) is 64.4 Å². The Balaban J connectivity index is 0.00000156. The first-order valence-electron chi connectivity index (χ1n) is 8.40. The SMILES string of the molecule is Cl.O=[N+]([O-])c1ccc2c(c1)[C@H]1OCC[C@H]1[C@@H](C1CCCCC1)N2. The van der Waals surface area contributed by atoms with Gasteiger partial charge in [0.15, 0.2) is 0 Å². The highest BCUT2D eigenvalue weighted by Gasteiger charge is 2.44. The third-order valence-electron chi connectivity index (χ3n) is 5.63. The summed E-state index contributed by atoms with van der Waals surface area (Å²) in [7, 11) is 0. The highest BCUT2D eigenvalue weighted by molar-refractivity contribution is 5.85. The smallest absolute Gasteiger partial charge is 0.269 e. The van der Waals surface area contributed by atoms with Gasteiger partial charge in [0.25, 0.3) is 5.69 Å². The van der Waals surface area contributed by atoms with E-state index in [1.54, 1.807) is 12.1 Å². The van der Waals surface area contributed by atoms with Gasteiger partial charge in [-0.1, -0.05) is 19.3 Å². The summed E-state index contributed by atoms with van der Waals surface area (Å²) in [5, 5.41) is 14.7. The van der Waals surface area contributed by atoms with E-state index in [1.165, 1.54) is 32.1 Å². The molecule has 0 spiro atoms. The lowest BCUT2D eigenvalue weighted by atomic mass is 9.73. The van der Waals surface area contributed by atoms with Gasteiger partial charge in [-0.3, -0.25) is 10.1 Å². The molecule has 1 aliphatic carbocycles. The molecule has 1 saturated carbocycles. The lowest BCUT2D eigenvalue weighted by molar-refractivity contribution is -0.385. The van der Waals surface area contributed by atoms with Crippen molar-refractivity contribution >= 4 is 23.8 Å². The summed E-state index contributed by atoms with van der Waals surface area (Å²) >= 11 is 0. The fourth-order valence-electron chi connectivity index (χ4n) is 4.57. The van der Waals surface area contributed by atoms with Crippen molar-refractivity contribution in [1.82, 2.24) is 0 Å². The molecule has 1 aromatic carbocycles. The van der Waals surface area contributed by atoms with E-state index in [9.17, 15) is 10.1 Å². The first-order chi connectivity index (χ1) is 10.7. The van der Waals surface area contributed by atoms with Crippen molar-refractivity contribution < 1.29 is 9.66 Å². The van der Waals surface area contributed by atoms with Crippen LogP contribution in [0.4, 0.5) is 11.4 Å². The quantitative estimate of drug-likeness (QED) is 0.638. The van der Waals surface area contributed by atoms with Crippen LogP contribution in [-0.4, -0.2) is 17.6 Å². The molecule has 2 aliphatic heterocycles. The predicted octanol–water partition coefficient (Wildman–Crippen LogP) is 4.47. The molecule has 3 aliphatic rings. The largest absolute Gasteiger partial charge is 0.381 e. The van der Waals surface area contributed by atoms with E-state index < -0.39 is 0 Å². The molecule has 1 saturated heterocycles. The van der Waals surface area contributed by atoms with E-state index in [2.05, 4.69) is 5.32 Å². The Morgan fingerprint density at radius 3 is 2.70 bits per heavy atom. The molecule has 23 heavy (non-hydrogen) atoms. The first kappa shape index (κ1) is 16.5. The maximum atomic E-state index is 11.0. The summed E-state index contributed by atoms with van der Waals surface area (Å²) in [6, 6.07) is 5.62. The maximum absolute atomic E-state index is 11.0. The van der Waals surface area contributed by atoms with E-state index in [0.717, 1.165) is 24.3 Å². The second kappa shape index (κ2) is 6.65. The number of hydrogen-bond donors (Lipinski definition) is 1. The van der Waals surface area contributed by atoms with E-state index in [-0.39, 0.29) is 29.1 Å². The lowest BCUT2D eigenvalue weighted by Gasteiger charge is -2.41. The predicted molar refractivity (Wildman–Crippen MR) is 91.1 cm³/mol. The number of nitro benzene ring substituents is 1. The van der Waals surface area contributed by atoms with Crippen molar-refractivity contribution in [2.24, 2.45) is 11.8 Å². The molecule has 0 bridgehead atoms. The van der Waals surface area contributed by atoms with Gasteiger partial charge in [-0.15, -0.1) is 12.4 Å². The molecule has 5 nitrogen and oxygen atoms in total. The first-order valence-corrected chi connectivity index (χ1v) is 8.40. The maximum Gasteiger partial charge on any atom is 0.269 e. The van der Waals surface area contributed by atoms with Crippen molar-refractivity contribution in [3.8, 4) is 0 Å². The number of fused-ring (bicyclic) bond motifs is 3. The number of nitrogens with zero attached hydrogens (tertiary/aromatic N) is 1. The van der Waals surface area contributed by atoms with Crippen LogP contribution in [0.2, 0.25) is 0 Å². The molecule has 126 valence electrons. The highest BCUT2D eigenvalue weighted by atomic mass is 35.5. The van der Waals surface area contributed by atoms with Gasteiger partial charge in [0.05, 0.1) is 11.0 Å². The van der Waals surface area contributed by atoms with Crippen LogP contribution in [0.1, 0.15) is 50.2 Å². The highest BCUT2D eigenvalue weighted by Crippen LogP contribution is 2.48. The Morgan fingerprint density at radius 1 is 1.17 bits per heavy atom. The fraction of sp³-hybridized carbons (Fsp3) is 0.647. The van der Waals surface area contributed by atoms with Crippen LogP contribution in [0.3, 0.4) is 0 Å². The van der Waals surface area contributed by atoms with Crippen LogP contribution in [0.5, 0.6) is 0 Å². The van der Waals surface area contributed by atoms with Crippen LogP contribution in [0.25, 0.3) is 0 Å². The molecule has 2 fully saturated rings. The lowest BCUT2D eigenvalue weighted by Crippen LogP contribution is -2.42. The van der Waals surface area contributed by atoms with Crippen LogP contribution < -0.4 is 5.32 Å². The zero-order valence-corrected chi connectivity index (χ0v) is 13.9. The number of nitro groups is 1. The number of hydrogen-bond acceptors (Lipinski definition) is 4. The van der Waals surface area contributed by atoms with Crippen LogP contribution in [-0.2, 0) is 4.74 Å². The molecule has 1 aromatic rings. The minimum atomic E-state index is -0.322. The zero-order chi connectivity index (χ0) is 15.1. The Morgan fingerprint density at radius 2 is 1.96 bits per heavy atom. The average molecular weight is 339 g/mol. The number of non-ortho nitro benzene ring substituents is 1. The summed E-state index contributed by atoms with van der Waals surface area (Å²) in [6.07, 6.45) is 7.69. The third kappa shape index (κ3) is 2.92. The van der Waals surface area contributed by atoms with E-state index >= 15 is 0 Å². The Kier molecular flexibility index (Phi) is 4.78. The Hall–Kier alpha value is -1.33. The minimum absolute atomic E-state index is 0. The van der Waals surface area contributed by atoms with Gasteiger partial charge >= 0.3 is 0 Å². The van der Waals surface area contributed by atoms with Crippen LogP contribution in [0.15, 0.2) is 18.2 Å². The van der Waals surface area contributed by atoms with Gasteiger partial charge in [-0.25, -0.2) is 0 Å². The van der Waals surface area contributed by atoms with Gasteiger partial charge in [0.2, 0.25) is 0 Å². The Labute approximate surface area is 142 Å². The number of ether oxygens (including phenoxy) is 1. The van der Waals surface area contributed by atoms with Crippen molar-refractivity contribution in [3.63, 3.8) is 0 Å². The fourth-order valence-corrected chi connectivity index (χ4v) is 4.57. The number of halogens is 1. The standard InChI is InChI=1S/C17H22N2O3.ClH/c20-19(21)12-6-7-15-14(10-12)17-13(8-9-22-17)16(18-15)11-4-2-1-3-5-11;/h6-7,10-11,13,16-18H,1-5,8-9H2;1H/t13-,16+,17-;/m0./s1. The minimum Gasteiger partial charge on any atom is -0.381 e. The summed E-state index contributed by atoms with van der Waals surface area (Å²) < 4.78 is 5.98. The molecule has 1 N–H and O–H groups in total. The van der Waals surface area contributed by atoms with Gasteiger partial charge in [0, 0.05) is 42.0 Å². The third-order valence-corrected chi connectivity index (χ3v) is 5.63. The second-order valence-electron chi connectivity index (χ2n) is 6.84. The van der Waals surface area contributed by atoms with Gasteiger partial charge in [-0.2, -0.15) is 0 Å². The molecule has 0 unspecified atom stereocenters. The molecular weight excluding hydrogens is 316 g/mol. The van der Waals surface area contributed by atoms with Gasteiger partial charge in [0.1, 0.15) is 0 Å². The molecule has 0 amide bonds. The normalized spacial score (nSPS) is 29.8. The van der Waals surface area contributed by atoms with E-state index in [0.29, 0.717) is 17.9 Å². The number of anilines is 1. The van der Waals surface area contributed by atoms with Crippen molar-refractivity contribution in [3.05, 3.63) is 33.9 Å². The van der Waals surface area contributed by atoms with Gasteiger partial charge in [-0.05, 0) is 31.2 Å². The van der Waals surface area contributed by atoms with E-state index in [4.69, 9.17) is 4.74 Å². The molecule has 0 aromatic heterocycles. The van der Waals surface area contributed by atoms with Crippen LogP contribution in [0, 0.1) is 22.0 Å². The van der Waals surface area contributed by atoms with E-state index in [1.807, 2.05) is 6.07 Å². The molecular formula is C17H23ClN2O3. The van der Waals surface area contributed by atoms with Crippen molar-refractivity contribution in [1.29, 1.82) is 0 Å². The van der Waals surface area contributed by atoms with Gasteiger partial charge < -0.3 is 10.1 Å². The van der Waals surface area contributed by atoms with Crippen molar-refractivity contribution in [2.45, 2.75) is 50.7 Å². The number of rotatable bonds is 2. The van der Waals surface area contributed by atoms with Crippen LogP contribution >= 0.6 is 12.4 Å².